The van der Waals surface area contributed by atoms with Crippen molar-refractivity contribution in [1.29, 1.82) is 0 Å². The zero-order valence-electron chi connectivity index (χ0n) is 15.9. The maximum Gasteiger partial charge on any atom is 0.325 e. The maximum atomic E-state index is 12.9. The normalized spacial score (nSPS) is 19.5. The van der Waals surface area contributed by atoms with E-state index < -0.39 is 17.5 Å². The summed E-state index contributed by atoms with van der Waals surface area (Å²) in [5.41, 5.74) is -0.547. The number of unbranched alkanes of at least 4 members (excludes halogenated alkanes) is 1. The zero-order chi connectivity index (χ0) is 19.3. The first-order valence-electron chi connectivity index (χ1n) is 8.93. The Hall–Kier alpha value is -2.57. The van der Waals surface area contributed by atoms with Gasteiger partial charge in [0.15, 0.2) is 0 Å². The van der Waals surface area contributed by atoms with E-state index in [2.05, 4.69) is 12.2 Å². The van der Waals surface area contributed by atoms with E-state index in [0.29, 0.717) is 24.4 Å². The van der Waals surface area contributed by atoms with E-state index >= 15 is 0 Å². The zero-order valence-corrected chi connectivity index (χ0v) is 15.9. The van der Waals surface area contributed by atoms with Gasteiger partial charge in [0.25, 0.3) is 5.91 Å². The van der Waals surface area contributed by atoms with Gasteiger partial charge in [-0.25, -0.2) is 4.79 Å². The van der Waals surface area contributed by atoms with Crippen LogP contribution in [0, 0.1) is 0 Å². The predicted octanol–water partition coefficient (Wildman–Crippen LogP) is 2.11. The summed E-state index contributed by atoms with van der Waals surface area (Å²) in [4.78, 5) is 40.4. The fourth-order valence-corrected chi connectivity index (χ4v) is 3.00. The smallest absolute Gasteiger partial charge is 0.325 e. The summed E-state index contributed by atoms with van der Waals surface area (Å²) in [7, 11) is 1.56. The van der Waals surface area contributed by atoms with Crippen molar-refractivity contribution in [2.24, 2.45) is 0 Å². The summed E-state index contributed by atoms with van der Waals surface area (Å²) in [6.45, 7) is 6.53. The number of imide groups is 1. The first-order valence-corrected chi connectivity index (χ1v) is 8.93. The number of benzene rings is 1. The second-order valence-electron chi connectivity index (χ2n) is 6.50. The Kier molecular flexibility index (Phi) is 6.23. The van der Waals surface area contributed by atoms with Crippen molar-refractivity contribution in [3.63, 3.8) is 0 Å². The Morgan fingerprint density at radius 3 is 2.42 bits per heavy atom. The van der Waals surface area contributed by atoms with Crippen LogP contribution < -0.4 is 10.1 Å². The standard InChI is InChI=1S/C19H27N3O4/c1-5-7-12-21(6-2)16(23)13-22-17(24)19(3,20-18(22)25)14-8-10-15(26-4)11-9-14/h8-11H,5-7,12-13H2,1-4H3,(H,20,25)/t19-/m1/s1. The number of methoxy groups -OCH3 is 1. The Labute approximate surface area is 154 Å². The fraction of sp³-hybridized carbons (Fsp3) is 0.526. The number of hydrogen-bond donors (Lipinski definition) is 1. The van der Waals surface area contributed by atoms with Gasteiger partial charge >= 0.3 is 6.03 Å². The van der Waals surface area contributed by atoms with Crippen LogP contribution in [0.15, 0.2) is 24.3 Å². The van der Waals surface area contributed by atoms with Gasteiger partial charge in [-0.2, -0.15) is 0 Å². The van der Waals surface area contributed by atoms with Crippen LogP contribution in [0.3, 0.4) is 0 Å². The molecule has 1 fully saturated rings. The molecule has 1 aromatic carbocycles. The molecule has 0 saturated carbocycles. The number of nitrogens with zero attached hydrogens (tertiary/aromatic N) is 2. The topological polar surface area (TPSA) is 79.0 Å². The van der Waals surface area contributed by atoms with Crippen molar-refractivity contribution < 1.29 is 19.1 Å². The van der Waals surface area contributed by atoms with Crippen molar-refractivity contribution in [3.8, 4) is 5.75 Å². The van der Waals surface area contributed by atoms with E-state index in [4.69, 9.17) is 4.74 Å². The molecule has 1 aliphatic rings. The number of likely N-dealkylation sites (N-methyl/N-ethyl adjacent to an activating group) is 1. The minimum Gasteiger partial charge on any atom is -0.497 e. The summed E-state index contributed by atoms with van der Waals surface area (Å²) >= 11 is 0. The van der Waals surface area contributed by atoms with Crippen LogP contribution >= 0.6 is 0 Å². The van der Waals surface area contributed by atoms with Gasteiger partial charge < -0.3 is 15.0 Å². The van der Waals surface area contributed by atoms with Crippen LogP contribution in [0.5, 0.6) is 5.75 Å². The molecule has 142 valence electrons. The highest BCUT2D eigenvalue weighted by molar-refractivity contribution is 6.09. The van der Waals surface area contributed by atoms with E-state index in [1.165, 1.54) is 0 Å². The van der Waals surface area contributed by atoms with Crippen molar-refractivity contribution in [2.45, 2.75) is 39.2 Å². The molecule has 1 aromatic rings. The quantitative estimate of drug-likeness (QED) is 0.719. The summed E-state index contributed by atoms with van der Waals surface area (Å²) < 4.78 is 5.12. The summed E-state index contributed by atoms with van der Waals surface area (Å²) in [5, 5.41) is 2.72. The number of amides is 4. The molecule has 7 heteroatoms. The third kappa shape index (κ3) is 3.81. The molecule has 1 aliphatic heterocycles. The van der Waals surface area contributed by atoms with Gasteiger partial charge in [-0.05, 0) is 38.0 Å². The highest BCUT2D eigenvalue weighted by Gasteiger charge is 2.49. The molecule has 0 aromatic heterocycles. The maximum absolute atomic E-state index is 12.9. The monoisotopic (exact) mass is 361 g/mol. The lowest BCUT2D eigenvalue weighted by Gasteiger charge is -2.24. The van der Waals surface area contributed by atoms with Crippen LogP contribution in [-0.4, -0.2) is 54.4 Å². The molecular weight excluding hydrogens is 334 g/mol. The number of rotatable bonds is 8. The van der Waals surface area contributed by atoms with Gasteiger partial charge in [0.2, 0.25) is 5.91 Å². The average Bonchev–Trinajstić information content (AvgIpc) is 2.86. The number of ether oxygens (including phenoxy) is 1. The van der Waals surface area contributed by atoms with E-state index in [0.717, 1.165) is 17.7 Å². The van der Waals surface area contributed by atoms with Crippen molar-refractivity contribution in [2.75, 3.05) is 26.7 Å². The Morgan fingerprint density at radius 2 is 1.88 bits per heavy atom. The van der Waals surface area contributed by atoms with Gasteiger partial charge in [-0.1, -0.05) is 25.5 Å². The molecule has 2 rings (SSSR count). The van der Waals surface area contributed by atoms with Gasteiger partial charge in [-0.3, -0.25) is 14.5 Å². The molecule has 0 unspecified atom stereocenters. The second kappa shape index (κ2) is 8.21. The van der Waals surface area contributed by atoms with Crippen molar-refractivity contribution >= 4 is 17.8 Å². The van der Waals surface area contributed by atoms with Crippen LogP contribution in [-0.2, 0) is 15.1 Å². The van der Waals surface area contributed by atoms with Crippen molar-refractivity contribution in [3.05, 3.63) is 29.8 Å². The van der Waals surface area contributed by atoms with Crippen LogP contribution in [0.25, 0.3) is 0 Å². The van der Waals surface area contributed by atoms with Crippen LogP contribution in [0.4, 0.5) is 4.79 Å². The number of carbonyl (C=O) groups excluding carboxylic acids is 3. The number of urea groups is 1. The molecule has 4 amide bonds. The Balaban J connectivity index is 2.15. The van der Waals surface area contributed by atoms with Crippen LogP contribution in [0.2, 0.25) is 0 Å². The fourth-order valence-electron chi connectivity index (χ4n) is 3.00. The Bertz CT molecular complexity index is 674. The molecule has 1 N–H and O–H groups in total. The highest BCUT2D eigenvalue weighted by Crippen LogP contribution is 2.30. The molecule has 7 nitrogen and oxygen atoms in total. The average molecular weight is 361 g/mol. The number of hydrogen-bond acceptors (Lipinski definition) is 4. The van der Waals surface area contributed by atoms with E-state index in [1.54, 1.807) is 43.2 Å². The van der Waals surface area contributed by atoms with E-state index in [1.807, 2.05) is 6.92 Å². The predicted molar refractivity (Wildman–Crippen MR) is 97.8 cm³/mol. The molecule has 1 saturated heterocycles. The summed E-state index contributed by atoms with van der Waals surface area (Å²) in [6, 6.07) is 6.40. The van der Waals surface area contributed by atoms with Gasteiger partial charge in [-0.15, -0.1) is 0 Å². The third-order valence-corrected chi connectivity index (χ3v) is 4.75. The SMILES string of the molecule is CCCCN(CC)C(=O)CN1C(=O)N[C@](C)(c2ccc(OC)cc2)C1=O. The lowest BCUT2D eigenvalue weighted by molar-refractivity contribution is -0.138. The molecule has 26 heavy (non-hydrogen) atoms. The first kappa shape index (κ1) is 19.8. The number of nitrogens with one attached hydrogen (secondary N) is 1. The largest absolute Gasteiger partial charge is 0.497 e. The van der Waals surface area contributed by atoms with E-state index in [9.17, 15) is 14.4 Å². The lowest BCUT2D eigenvalue weighted by Crippen LogP contribution is -2.44. The molecule has 0 aliphatic carbocycles. The van der Waals surface area contributed by atoms with Gasteiger partial charge in [0.1, 0.15) is 17.8 Å². The molecule has 0 bridgehead atoms. The minimum absolute atomic E-state index is 0.219. The second-order valence-corrected chi connectivity index (χ2v) is 6.50. The molecule has 0 radical (unpaired) electrons. The third-order valence-electron chi connectivity index (χ3n) is 4.75. The highest BCUT2D eigenvalue weighted by atomic mass is 16.5. The molecule has 0 spiro atoms. The van der Waals surface area contributed by atoms with Gasteiger partial charge in [0, 0.05) is 13.1 Å². The number of carbonyl (C=O) groups is 3. The molecule has 1 atom stereocenters. The summed E-state index contributed by atoms with van der Waals surface area (Å²) in [6.07, 6.45) is 1.87. The Morgan fingerprint density at radius 1 is 1.23 bits per heavy atom. The van der Waals surface area contributed by atoms with E-state index in [-0.39, 0.29) is 12.5 Å². The molecule has 1 heterocycles. The van der Waals surface area contributed by atoms with Crippen LogP contribution in [0.1, 0.15) is 39.2 Å². The first-order chi connectivity index (χ1) is 12.4. The lowest BCUT2D eigenvalue weighted by atomic mass is 9.92. The van der Waals surface area contributed by atoms with Crippen molar-refractivity contribution in [1.82, 2.24) is 15.1 Å². The summed E-state index contributed by atoms with van der Waals surface area (Å²) in [5.74, 6) is 0.0201. The minimum atomic E-state index is -1.19. The van der Waals surface area contributed by atoms with Gasteiger partial charge in [0.05, 0.1) is 7.11 Å². The molecular formula is C19H27N3O4.